The van der Waals surface area contributed by atoms with Crippen molar-refractivity contribution in [1.82, 2.24) is 10.2 Å². The molecule has 0 radical (unpaired) electrons. The first-order valence-electron chi connectivity index (χ1n) is 8.27. The fourth-order valence-corrected chi connectivity index (χ4v) is 3.15. The van der Waals surface area contributed by atoms with Crippen molar-refractivity contribution in [3.8, 4) is 23.0 Å². The number of nitrogens with zero attached hydrogens (tertiary/aromatic N) is 2. The number of thioether (sulfide) groups is 1. The highest BCUT2D eigenvalue weighted by atomic mass is 32.2. The van der Waals surface area contributed by atoms with E-state index in [9.17, 15) is 18.0 Å². The number of nitrogens with one attached hydrogen (secondary N) is 1. The number of aromatic nitrogens is 2. The molecule has 1 amide bonds. The van der Waals surface area contributed by atoms with Gasteiger partial charge in [0, 0.05) is 5.56 Å². The van der Waals surface area contributed by atoms with E-state index in [0.29, 0.717) is 17.1 Å². The molecule has 0 aliphatic carbocycles. The zero-order valence-electron chi connectivity index (χ0n) is 14.7. The van der Waals surface area contributed by atoms with E-state index in [1.54, 1.807) is 18.2 Å². The van der Waals surface area contributed by atoms with Crippen molar-refractivity contribution < 1.29 is 31.9 Å². The van der Waals surface area contributed by atoms with Gasteiger partial charge in [0.15, 0.2) is 29.0 Å². The lowest BCUT2D eigenvalue weighted by Crippen LogP contribution is -2.23. The number of hydrogen-bond donors (Lipinski definition) is 1. The molecule has 1 atom stereocenters. The Morgan fingerprint density at radius 2 is 1.90 bits per heavy atom. The summed E-state index contributed by atoms with van der Waals surface area (Å²) in [4.78, 5) is 12.2. The molecule has 11 heteroatoms. The molecule has 2 heterocycles. The Labute approximate surface area is 166 Å². The lowest BCUT2D eigenvalue weighted by Gasteiger charge is -2.11. The Hall–Kier alpha value is -3.21. The van der Waals surface area contributed by atoms with E-state index < -0.39 is 34.3 Å². The van der Waals surface area contributed by atoms with Crippen molar-refractivity contribution in [1.29, 1.82) is 0 Å². The molecule has 1 unspecified atom stereocenters. The summed E-state index contributed by atoms with van der Waals surface area (Å²) in [5.74, 6) is -3.75. The predicted molar refractivity (Wildman–Crippen MR) is 96.1 cm³/mol. The van der Waals surface area contributed by atoms with E-state index in [1.807, 2.05) is 0 Å². The van der Waals surface area contributed by atoms with Crippen molar-refractivity contribution in [3.63, 3.8) is 0 Å². The van der Waals surface area contributed by atoms with Gasteiger partial charge in [-0.15, -0.1) is 10.2 Å². The van der Waals surface area contributed by atoms with Crippen LogP contribution in [0.4, 0.5) is 18.9 Å². The van der Waals surface area contributed by atoms with E-state index in [1.165, 1.54) is 6.92 Å². The molecule has 7 nitrogen and oxygen atoms in total. The third-order valence-electron chi connectivity index (χ3n) is 3.97. The lowest BCUT2D eigenvalue weighted by molar-refractivity contribution is -0.115. The Morgan fingerprint density at radius 3 is 2.72 bits per heavy atom. The van der Waals surface area contributed by atoms with Gasteiger partial charge in [-0.1, -0.05) is 11.8 Å². The van der Waals surface area contributed by atoms with Gasteiger partial charge in [-0.25, -0.2) is 13.2 Å². The summed E-state index contributed by atoms with van der Waals surface area (Å²) >= 11 is 0.927. The second kappa shape index (κ2) is 7.66. The summed E-state index contributed by atoms with van der Waals surface area (Å²) in [7, 11) is 0. The Balaban J connectivity index is 1.43. The van der Waals surface area contributed by atoms with Gasteiger partial charge in [0.05, 0.1) is 10.9 Å². The van der Waals surface area contributed by atoms with Crippen LogP contribution in [0, 0.1) is 17.5 Å². The molecule has 150 valence electrons. The fraction of sp³-hybridized carbons (Fsp3) is 0.167. The number of fused-ring (bicyclic) bond motifs is 1. The molecular formula is C18H12F3N3O4S. The van der Waals surface area contributed by atoms with E-state index in [0.717, 1.165) is 23.9 Å². The average molecular weight is 423 g/mol. The first kappa shape index (κ1) is 19.1. The minimum atomic E-state index is -1.66. The zero-order chi connectivity index (χ0) is 20.5. The predicted octanol–water partition coefficient (Wildman–Crippen LogP) is 4.00. The summed E-state index contributed by atoms with van der Waals surface area (Å²) in [6.07, 6.45) is 0. The maximum absolute atomic E-state index is 13.7. The standard InChI is InChI=1S/C18H12F3N3O4S/c1-8(16(25)22-11-4-3-10(19)14(20)15(11)21)29-18-24-23-17(28-18)9-2-5-12-13(6-9)27-7-26-12/h2-6,8H,7H2,1H3,(H,22,25). The highest BCUT2D eigenvalue weighted by Crippen LogP contribution is 2.36. The smallest absolute Gasteiger partial charge is 0.277 e. The van der Waals surface area contributed by atoms with Crippen LogP contribution in [0.2, 0.25) is 0 Å². The normalized spacial score (nSPS) is 13.4. The van der Waals surface area contributed by atoms with Crippen LogP contribution in [0.1, 0.15) is 6.92 Å². The molecular weight excluding hydrogens is 411 g/mol. The molecule has 1 aliphatic heterocycles. The molecule has 29 heavy (non-hydrogen) atoms. The van der Waals surface area contributed by atoms with Crippen LogP contribution < -0.4 is 14.8 Å². The molecule has 1 aliphatic rings. The van der Waals surface area contributed by atoms with Crippen LogP contribution in [0.25, 0.3) is 11.5 Å². The molecule has 1 N–H and O–H groups in total. The van der Waals surface area contributed by atoms with Gasteiger partial charge < -0.3 is 19.2 Å². The summed E-state index contributed by atoms with van der Waals surface area (Å²) < 4.78 is 56.0. The molecule has 0 spiro atoms. The third kappa shape index (κ3) is 3.86. The van der Waals surface area contributed by atoms with Crippen LogP contribution in [-0.2, 0) is 4.79 Å². The van der Waals surface area contributed by atoms with Crippen LogP contribution in [0.15, 0.2) is 40.0 Å². The summed E-state index contributed by atoms with van der Waals surface area (Å²) in [5, 5.41) is 9.32. The van der Waals surface area contributed by atoms with Crippen LogP contribution in [-0.4, -0.2) is 28.1 Å². The van der Waals surface area contributed by atoms with Gasteiger partial charge in [0.1, 0.15) is 0 Å². The Bertz CT molecular complexity index is 1090. The van der Waals surface area contributed by atoms with Crippen molar-refractivity contribution >= 4 is 23.4 Å². The Morgan fingerprint density at radius 1 is 1.10 bits per heavy atom. The highest BCUT2D eigenvalue weighted by molar-refractivity contribution is 8.00. The topological polar surface area (TPSA) is 86.5 Å². The molecule has 0 saturated heterocycles. The van der Waals surface area contributed by atoms with Gasteiger partial charge >= 0.3 is 0 Å². The summed E-state index contributed by atoms with van der Waals surface area (Å²) in [5.41, 5.74) is 0.141. The van der Waals surface area contributed by atoms with Crippen molar-refractivity contribution in [2.24, 2.45) is 0 Å². The van der Waals surface area contributed by atoms with E-state index >= 15 is 0 Å². The largest absolute Gasteiger partial charge is 0.454 e. The molecule has 0 bridgehead atoms. The molecule has 4 rings (SSSR count). The highest BCUT2D eigenvalue weighted by Gasteiger charge is 2.22. The maximum Gasteiger partial charge on any atom is 0.277 e. The van der Waals surface area contributed by atoms with Gasteiger partial charge in [0.25, 0.3) is 5.22 Å². The second-order valence-electron chi connectivity index (χ2n) is 5.91. The first-order valence-corrected chi connectivity index (χ1v) is 9.15. The van der Waals surface area contributed by atoms with Crippen LogP contribution in [0.5, 0.6) is 11.5 Å². The van der Waals surface area contributed by atoms with Crippen molar-refractivity contribution in [3.05, 3.63) is 47.8 Å². The average Bonchev–Trinajstić information content (AvgIpc) is 3.37. The molecule has 0 saturated carbocycles. The monoisotopic (exact) mass is 423 g/mol. The number of rotatable bonds is 5. The number of anilines is 1. The van der Waals surface area contributed by atoms with Gasteiger partial charge in [-0.05, 0) is 37.3 Å². The van der Waals surface area contributed by atoms with Gasteiger partial charge in [-0.3, -0.25) is 4.79 Å². The SMILES string of the molecule is CC(Sc1nnc(-c2ccc3c(c2)OCO3)o1)C(=O)Nc1ccc(F)c(F)c1F. The summed E-state index contributed by atoms with van der Waals surface area (Å²) in [6.45, 7) is 1.65. The number of benzene rings is 2. The maximum atomic E-state index is 13.7. The quantitative estimate of drug-likeness (QED) is 0.490. The number of carbonyl (C=O) groups is 1. The van der Waals surface area contributed by atoms with Gasteiger partial charge in [-0.2, -0.15) is 0 Å². The first-order chi connectivity index (χ1) is 13.9. The van der Waals surface area contributed by atoms with Crippen molar-refractivity contribution in [2.45, 2.75) is 17.4 Å². The van der Waals surface area contributed by atoms with Crippen LogP contribution in [0.3, 0.4) is 0 Å². The number of hydrogen-bond acceptors (Lipinski definition) is 7. The molecule has 0 fully saturated rings. The third-order valence-corrected chi connectivity index (χ3v) is 4.90. The molecule has 2 aromatic carbocycles. The fourth-order valence-electron chi connectivity index (χ4n) is 2.47. The van der Waals surface area contributed by atoms with Crippen LogP contribution >= 0.6 is 11.8 Å². The van der Waals surface area contributed by atoms with Crippen molar-refractivity contribution in [2.75, 3.05) is 12.1 Å². The number of ether oxygens (including phenoxy) is 2. The molecule has 1 aromatic heterocycles. The Kier molecular flexibility index (Phi) is 5.05. The molecule has 3 aromatic rings. The number of amides is 1. The van der Waals surface area contributed by atoms with E-state index in [2.05, 4.69) is 15.5 Å². The minimum Gasteiger partial charge on any atom is -0.454 e. The lowest BCUT2D eigenvalue weighted by atomic mass is 10.2. The number of halogens is 3. The number of carbonyl (C=O) groups excluding carboxylic acids is 1. The van der Waals surface area contributed by atoms with E-state index in [4.69, 9.17) is 13.9 Å². The van der Waals surface area contributed by atoms with E-state index in [-0.39, 0.29) is 17.9 Å². The summed E-state index contributed by atoms with van der Waals surface area (Å²) in [6, 6.07) is 6.78. The second-order valence-corrected chi connectivity index (χ2v) is 7.21. The van der Waals surface area contributed by atoms with Gasteiger partial charge in [0.2, 0.25) is 18.6 Å². The minimum absolute atomic E-state index is 0.103. The zero-order valence-corrected chi connectivity index (χ0v) is 15.6.